The van der Waals surface area contributed by atoms with Crippen LogP contribution in [0.15, 0.2) is 79.1 Å². The quantitative estimate of drug-likeness (QED) is 0.188. The molecule has 10 heteroatoms. The molecule has 202 valence electrons. The summed E-state index contributed by atoms with van der Waals surface area (Å²) in [6, 6.07) is 21.1. The Morgan fingerprint density at radius 2 is 1.85 bits per heavy atom. The Balaban J connectivity index is 1.62. The van der Waals surface area contributed by atoms with E-state index in [2.05, 4.69) is 38.9 Å². The first kappa shape index (κ1) is 27.0. The van der Waals surface area contributed by atoms with Gasteiger partial charge in [0.1, 0.15) is 30.3 Å². The fourth-order valence-corrected chi connectivity index (χ4v) is 4.93. The van der Waals surface area contributed by atoms with Crippen molar-refractivity contribution in [3.8, 4) is 6.07 Å². The average Bonchev–Trinajstić information content (AvgIpc) is 3.44. The smallest absolute Gasteiger partial charge is 0.128 e. The number of nitrogens with one attached hydrogen (secondary N) is 2. The van der Waals surface area contributed by atoms with Gasteiger partial charge < -0.3 is 10.6 Å². The number of alkyl halides is 1. The van der Waals surface area contributed by atoms with Crippen molar-refractivity contribution in [1.82, 2.24) is 20.0 Å². The lowest BCUT2D eigenvalue weighted by atomic mass is 10.0. The van der Waals surface area contributed by atoms with Crippen LogP contribution >= 0.6 is 11.6 Å². The topological polar surface area (TPSA) is 91.5 Å². The van der Waals surface area contributed by atoms with Gasteiger partial charge in [-0.2, -0.15) is 5.26 Å². The monoisotopic (exact) mass is 557 g/mol. The highest BCUT2D eigenvalue weighted by Crippen LogP contribution is 2.38. The molecular weight excluding hydrogens is 532 g/mol. The zero-order chi connectivity index (χ0) is 28.1. The van der Waals surface area contributed by atoms with E-state index < -0.39 is 18.5 Å². The van der Waals surface area contributed by atoms with Crippen molar-refractivity contribution in [3.63, 3.8) is 0 Å². The highest BCUT2D eigenvalue weighted by Gasteiger charge is 2.24. The van der Waals surface area contributed by atoms with Gasteiger partial charge in [0.25, 0.3) is 0 Å². The van der Waals surface area contributed by atoms with Gasteiger partial charge in [-0.25, -0.2) is 13.5 Å². The van der Waals surface area contributed by atoms with Crippen LogP contribution in [0, 0.1) is 17.1 Å². The number of anilines is 2. The predicted octanol–water partition coefficient (Wildman–Crippen LogP) is 7.22. The summed E-state index contributed by atoms with van der Waals surface area (Å²) < 4.78 is 29.4. The second-order valence-electron chi connectivity index (χ2n) is 9.22. The van der Waals surface area contributed by atoms with E-state index in [1.54, 1.807) is 36.5 Å². The first-order chi connectivity index (χ1) is 19.5. The Morgan fingerprint density at radius 3 is 2.58 bits per heavy atom. The molecule has 0 fully saturated rings. The van der Waals surface area contributed by atoms with E-state index in [-0.39, 0.29) is 12.6 Å². The molecule has 0 aliphatic heterocycles. The normalized spacial score (nSPS) is 12.6. The molecule has 3 aromatic carbocycles. The molecule has 5 rings (SSSR count). The number of nitriles is 1. The minimum atomic E-state index is -0.780. The Labute approximate surface area is 235 Å². The lowest BCUT2D eigenvalue weighted by Crippen LogP contribution is -2.16. The van der Waals surface area contributed by atoms with Gasteiger partial charge >= 0.3 is 0 Å². The van der Waals surface area contributed by atoms with Crippen LogP contribution in [-0.2, 0) is 6.54 Å². The van der Waals surface area contributed by atoms with Crippen molar-refractivity contribution in [3.05, 3.63) is 112 Å². The van der Waals surface area contributed by atoms with Crippen molar-refractivity contribution in [2.45, 2.75) is 32.0 Å². The lowest BCUT2D eigenvalue weighted by Gasteiger charge is -2.23. The average molecular weight is 558 g/mol. The molecule has 0 bridgehead atoms. The number of rotatable bonds is 10. The molecule has 2 atom stereocenters. The van der Waals surface area contributed by atoms with E-state index in [0.29, 0.717) is 44.1 Å². The number of aryl methyl sites for hydroxylation is 1. The number of hydrogen-bond acceptors (Lipinski definition) is 6. The number of nitrogens with zero attached hydrogens (tertiary/aromatic N) is 5. The zero-order valence-electron chi connectivity index (χ0n) is 21.7. The molecule has 2 N–H and O–H groups in total. The summed E-state index contributed by atoms with van der Waals surface area (Å²) in [5, 5.41) is 26.0. The van der Waals surface area contributed by atoms with Crippen LogP contribution in [-0.4, -0.2) is 26.7 Å². The largest absolute Gasteiger partial charge is 0.377 e. The number of pyridine rings is 1. The summed E-state index contributed by atoms with van der Waals surface area (Å²) in [4.78, 5) is 4.59. The van der Waals surface area contributed by atoms with Gasteiger partial charge in [-0.1, -0.05) is 72.3 Å². The summed E-state index contributed by atoms with van der Waals surface area (Å²) in [7, 11) is 0. The minimum absolute atomic E-state index is 0.0324. The summed E-state index contributed by atoms with van der Waals surface area (Å²) in [5.41, 5.74) is 3.82. The summed E-state index contributed by atoms with van der Waals surface area (Å²) >= 11 is 6.60. The summed E-state index contributed by atoms with van der Waals surface area (Å²) in [6.07, 6.45) is 3.86. The van der Waals surface area contributed by atoms with Crippen molar-refractivity contribution in [2.75, 3.05) is 17.3 Å². The Morgan fingerprint density at radius 1 is 1.07 bits per heavy atom. The predicted molar refractivity (Wildman–Crippen MR) is 152 cm³/mol. The van der Waals surface area contributed by atoms with E-state index in [0.717, 1.165) is 12.0 Å². The SMILES string of the molecule is CC[C@@H](Nc1c(C#N)cnc2c(N[C@H](c3cn(CCF)nn3)c3ccccc3F)cc(Cl)cc12)c1ccccc1. The Bertz CT molecular complexity index is 1670. The molecule has 0 saturated heterocycles. The molecule has 40 heavy (non-hydrogen) atoms. The van der Waals surface area contributed by atoms with Crippen LogP contribution in [0.25, 0.3) is 10.9 Å². The second kappa shape index (κ2) is 12.1. The van der Waals surface area contributed by atoms with Gasteiger partial charge in [0.2, 0.25) is 0 Å². The maximum Gasteiger partial charge on any atom is 0.128 e. The molecule has 0 radical (unpaired) electrons. The first-order valence-corrected chi connectivity index (χ1v) is 13.2. The maximum atomic E-state index is 15.0. The molecule has 0 spiro atoms. The molecular formula is C30H26ClF2N7. The van der Waals surface area contributed by atoms with Gasteiger partial charge in [0, 0.05) is 22.2 Å². The maximum absolute atomic E-state index is 15.0. The second-order valence-corrected chi connectivity index (χ2v) is 9.65. The third-order valence-corrected chi connectivity index (χ3v) is 6.89. The van der Waals surface area contributed by atoms with E-state index in [9.17, 15) is 9.65 Å². The van der Waals surface area contributed by atoms with Crippen molar-refractivity contribution >= 4 is 33.9 Å². The van der Waals surface area contributed by atoms with Crippen molar-refractivity contribution in [2.24, 2.45) is 0 Å². The highest BCUT2D eigenvalue weighted by atomic mass is 35.5. The fraction of sp³-hybridized carbons (Fsp3) is 0.200. The van der Waals surface area contributed by atoms with Gasteiger partial charge in [-0.3, -0.25) is 4.98 Å². The van der Waals surface area contributed by atoms with E-state index in [1.807, 2.05) is 30.3 Å². The van der Waals surface area contributed by atoms with Gasteiger partial charge in [0.05, 0.1) is 41.2 Å². The van der Waals surface area contributed by atoms with Crippen LogP contribution < -0.4 is 10.6 Å². The summed E-state index contributed by atoms with van der Waals surface area (Å²) in [5.74, 6) is -0.442. The van der Waals surface area contributed by atoms with Crippen molar-refractivity contribution < 1.29 is 8.78 Å². The molecule has 0 aliphatic carbocycles. The third-order valence-electron chi connectivity index (χ3n) is 6.67. The van der Waals surface area contributed by atoms with Gasteiger partial charge in [0.15, 0.2) is 0 Å². The molecule has 0 amide bonds. The molecule has 2 heterocycles. The number of halogens is 3. The fourth-order valence-electron chi connectivity index (χ4n) is 4.72. The number of benzene rings is 3. The molecule has 0 saturated carbocycles. The van der Waals surface area contributed by atoms with Crippen molar-refractivity contribution in [1.29, 1.82) is 5.26 Å². The van der Waals surface area contributed by atoms with E-state index >= 15 is 4.39 Å². The van der Waals surface area contributed by atoms with E-state index in [1.165, 1.54) is 16.9 Å². The van der Waals surface area contributed by atoms with Crippen LogP contribution in [0.4, 0.5) is 20.2 Å². The Hall–Kier alpha value is -4.55. The van der Waals surface area contributed by atoms with Crippen LogP contribution in [0.2, 0.25) is 5.02 Å². The molecule has 0 unspecified atom stereocenters. The standard InChI is InChI=1S/C30H26ClF2N7/c1-2-25(19-8-4-3-5-9-19)36-28-20(16-34)17-35-29-23(28)14-21(31)15-26(29)37-30(22-10-6-7-11-24(22)33)27-18-40(13-12-32)39-38-27/h3-11,14-15,17-18,25,30,37H,2,12-13H2,1H3,(H,35,36)/t25-,30+/m1/s1. The number of hydrogen-bond donors (Lipinski definition) is 2. The third kappa shape index (κ3) is 5.58. The van der Waals surface area contributed by atoms with Crippen LogP contribution in [0.3, 0.4) is 0 Å². The number of fused-ring (bicyclic) bond motifs is 1. The first-order valence-electron chi connectivity index (χ1n) is 12.8. The highest BCUT2D eigenvalue weighted by molar-refractivity contribution is 6.32. The van der Waals surface area contributed by atoms with Crippen LogP contribution in [0.5, 0.6) is 0 Å². The molecule has 2 aromatic heterocycles. The van der Waals surface area contributed by atoms with Gasteiger partial charge in [-0.15, -0.1) is 5.10 Å². The van der Waals surface area contributed by atoms with Crippen LogP contribution in [0.1, 0.15) is 47.8 Å². The minimum Gasteiger partial charge on any atom is -0.377 e. The lowest BCUT2D eigenvalue weighted by molar-refractivity contribution is 0.422. The Kier molecular flexibility index (Phi) is 8.18. The molecule has 7 nitrogen and oxygen atoms in total. The van der Waals surface area contributed by atoms with E-state index in [4.69, 9.17) is 11.6 Å². The summed E-state index contributed by atoms with van der Waals surface area (Å²) in [6.45, 7) is 1.49. The molecule has 5 aromatic rings. The molecule has 0 aliphatic rings. The zero-order valence-corrected chi connectivity index (χ0v) is 22.4. The van der Waals surface area contributed by atoms with Gasteiger partial charge in [-0.05, 0) is 30.2 Å². The number of aromatic nitrogens is 4.